The van der Waals surface area contributed by atoms with Crippen LogP contribution in [0.2, 0.25) is 0 Å². The first kappa shape index (κ1) is 18.5. The summed E-state index contributed by atoms with van der Waals surface area (Å²) in [6.45, 7) is 11.1. The van der Waals surface area contributed by atoms with Crippen molar-refractivity contribution in [3.8, 4) is 0 Å². The maximum atomic E-state index is 12.7. The molecule has 144 valence electrons. The molecular formula is C24H30O3. The van der Waals surface area contributed by atoms with E-state index >= 15 is 0 Å². The predicted molar refractivity (Wildman–Crippen MR) is 107 cm³/mol. The van der Waals surface area contributed by atoms with Crippen LogP contribution >= 0.6 is 0 Å². The van der Waals surface area contributed by atoms with Crippen LogP contribution in [0.1, 0.15) is 52.0 Å². The summed E-state index contributed by atoms with van der Waals surface area (Å²) in [7, 11) is 0. The Morgan fingerprint density at radius 1 is 1.19 bits per heavy atom. The highest BCUT2D eigenvalue weighted by molar-refractivity contribution is 5.87. The number of esters is 1. The van der Waals surface area contributed by atoms with E-state index in [1.165, 1.54) is 12.5 Å². The fraction of sp³-hybridized carbons (Fsp3) is 0.542. The second kappa shape index (κ2) is 6.07. The number of carbonyl (C=O) groups is 1. The Morgan fingerprint density at radius 2 is 1.89 bits per heavy atom. The Labute approximate surface area is 162 Å². The smallest absolute Gasteiger partial charge is 0.331 e. The van der Waals surface area contributed by atoms with Gasteiger partial charge in [0.15, 0.2) is 0 Å². The van der Waals surface area contributed by atoms with Crippen molar-refractivity contribution in [1.82, 2.24) is 0 Å². The molecule has 3 aliphatic carbocycles. The number of aliphatic hydroxyl groups is 1. The molecule has 0 heterocycles. The van der Waals surface area contributed by atoms with E-state index in [4.69, 9.17) is 4.74 Å². The fourth-order valence-electron chi connectivity index (χ4n) is 6.60. The number of benzene rings is 1. The maximum Gasteiger partial charge on any atom is 0.331 e. The molecule has 0 radical (unpaired) electrons. The van der Waals surface area contributed by atoms with Crippen molar-refractivity contribution >= 4 is 12.0 Å². The summed E-state index contributed by atoms with van der Waals surface area (Å²) >= 11 is 0. The van der Waals surface area contributed by atoms with Crippen molar-refractivity contribution in [1.29, 1.82) is 0 Å². The lowest BCUT2D eigenvalue weighted by atomic mass is 9.58. The molecule has 2 bridgehead atoms. The van der Waals surface area contributed by atoms with Gasteiger partial charge < -0.3 is 9.84 Å². The lowest BCUT2D eigenvalue weighted by Crippen LogP contribution is -2.48. The highest BCUT2D eigenvalue weighted by atomic mass is 16.5. The highest BCUT2D eigenvalue weighted by Crippen LogP contribution is 2.77. The van der Waals surface area contributed by atoms with Gasteiger partial charge in [0.05, 0.1) is 6.10 Å². The second-order valence-corrected chi connectivity index (χ2v) is 9.39. The van der Waals surface area contributed by atoms with Gasteiger partial charge in [-0.25, -0.2) is 4.79 Å². The van der Waals surface area contributed by atoms with Crippen molar-refractivity contribution in [3.05, 3.63) is 54.1 Å². The van der Waals surface area contributed by atoms with Gasteiger partial charge in [-0.2, -0.15) is 0 Å². The second-order valence-electron chi connectivity index (χ2n) is 9.39. The molecule has 1 aromatic carbocycles. The summed E-state index contributed by atoms with van der Waals surface area (Å²) < 4.78 is 6.09. The molecule has 1 aromatic rings. The summed E-state index contributed by atoms with van der Waals surface area (Å²) in [6, 6.07) is 9.76. The Balaban J connectivity index is 1.64. The van der Waals surface area contributed by atoms with Crippen molar-refractivity contribution in [2.75, 3.05) is 0 Å². The zero-order valence-corrected chi connectivity index (χ0v) is 16.6. The van der Waals surface area contributed by atoms with Crippen LogP contribution in [0.5, 0.6) is 0 Å². The predicted octanol–water partition coefficient (Wildman–Crippen LogP) is 4.77. The number of rotatable bonds is 3. The molecule has 0 aromatic heterocycles. The molecule has 0 amide bonds. The lowest BCUT2D eigenvalue weighted by molar-refractivity contribution is -0.158. The summed E-state index contributed by atoms with van der Waals surface area (Å²) in [5.41, 5.74) is 1.65. The van der Waals surface area contributed by atoms with Gasteiger partial charge in [0, 0.05) is 17.4 Å². The van der Waals surface area contributed by atoms with Gasteiger partial charge in [-0.3, -0.25) is 0 Å². The number of carbonyl (C=O) groups excluding carboxylic acids is 1. The molecule has 3 fully saturated rings. The van der Waals surface area contributed by atoms with Crippen molar-refractivity contribution in [2.24, 2.45) is 22.2 Å². The minimum Gasteiger partial charge on any atom is -0.458 e. The molecule has 0 aliphatic heterocycles. The quantitative estimate of drug-likeness (QED) is 0.476. The van der Waals surface area contributed by atoms with Gasteiger partial charge in [-0.05, 0) is 47.3 Å². The van der Waals surface area contributed by atoms with Gasteiger partial charge in [0.2, 0.25) is 0 Å². The number of hydrogen-bond donors (Lipinski definition) is 1. The Morgan fingerprint density at radius 3 is 2.59 bits per heavy atom. The molecule has 1 unspecified atom stereocenters. The molecule has 6 atom stereocenters. The van der Waals surface area contributed by atoms with Crippen LogP contribution in [0.25, 0.3) is 6.08 Å². The van der Waals surface area contributed by atoms with Crippen LogP contribution in [-0.4, -0.2) is 23.3 Å². The molecule has 3 heteroatoms. The van der Waals surface area contributed by atoms with Gasteiger partial charge in [-0.15, -0.1) is 0 Å². The van der Waals surface area contributed by atoms with E-state index in [1.54, 1.807) is 6.08 Å². The minimum absolute atomic E-state index is 0.0183. The number of hydrogen-bond acceptors (Lipinski definition) is 3. The average molecular weight is 367 g/mol. The summed E-state index contributed by atoms with van der Waals surface area (Å²) in [5, 5.41) is 10.7. The third kappa shape index (κ3) is 2.40. The van der Waals surface area contributed by atoms with Crippen LogP contribution in [0.4, 0.5) is 0 Å². The zero-order valence-electron chi connectivity index (χ0n) is 16.6. The van der Waals surface area contributed by atoms with Gasteiger partial charge in [0.1, 0.15) is 6.10 Å². The van der Waals surface area contributed by atoms with Crippen molar-refractivity contribution in [2.45, 2.75) is 58.7 Å². The zero-order chi connectivity index (χ0) is 19.4. The molecule has 0 saturated heterocycles. The Bertz CT molecular complexity index is 797. The number of aliphatic hydroxyl groups excluding tert-OH is 1. The molecule has 3 aliphatic rings. The molecule has 0 spiro atoms. The third-order valence-corrected chi connectivity index (χ3v) is 8.41. The van der Waals surface area contributed by atoms with Crippen LogP contribution < -0.4 is 0 Å². The van der Waals surface area contributed by atoms with Crippen molar-refractivity contribution < 1.29 is 14.6 Å². The first-order valence-corrected chi connectivity index (χ1v) is 10.0. The van der Waals surface area contributed by atoms with Crippen LogP contribution in [0, 0.1) is 22.2 Å². The highest BCUT2D eigenvalue weighted by Gasteiger charge is 2.75. The molecular weight excluding hydrogens is 336 g/mol. The molecule has 1 N–H and O–H groups in total. The monoisotopic (exact) mass is 366 g/mol. The normalized spacial score (nSPS) is 43.1. The summed E-state index contributed by atoms with van der Waals surface area (Å²) in [6.07, 6.45) is 6.61. The molecule has 3 saturated carbocycles. The minimum atomic E-state index is -0.505. The van der Waals surface area contributed by atoms with Gasteiger partial charge in [0.25, 0.3) is 0 Å². The molecule has 3 nitrogen and oxygen atoms in total. The maximum absolute atomic E-state index is 12.7. The van der Waals surface area contributed by atoms with E-state index in [0.717, 1.165) is 24.0 Å². The Hall–Kier alpha value is -1.87. The topological polar surface area (TPSA) is 46.5 Å². The number of fused-ring (bicyclic) bond motifs is 5. The van der Waals surface area contributed by atoms with E-state index in [-0.39, 0.29) is 34.2 Å². The summed E-state index contributed by atoms with van der Waals surface area (Å²) in [5.74, 6) is -0.288. The van der Waals surface area contributed by atoms with Gasteiger partial charge in [-0.1, -0.05) is 64.1 Å². The van der Waals surface area contributed by atoms with Crippen LogP contribution in [-0.2, 0) is 9.53 Å². The summed E-state index contributed by atoms with van der Waals surface area (Å²) in [4.78, 5) is 12.7. The van der Waals surface area contributed by atoms with E-state index in [2.05, 4.69) is 27.4 Å². The van der Waals surface area contributed by atoms with Crippen LogP contribution in [0.15, 0.2) is 48.6 Å². The van der Waals surface area contributed by atoms with Crippen LogP contribution in [0.3, 0.4) is 0 Å². The first-order chi connectivity index (χ1) is 12.7. The SMILES string of the molecule is C=C1[C@@H](O)C[C@]2(C)C(OC(=O)/C=C/c3ccccc3)[C@H]1[C@]1(C)CCC[C@@]12C. The van der Waals surface area contributed by atoms with Crippen molar-refractivity contribution in [3.63, 3.8) is 0 Å². The van der Waals surface area contributed by atoms with E-state index in [1.807, 2.05) is 30.3 Å². The van der Waals surface area contributed by atoms with E-state index in [0.29, 0.717) is 6.42 Å². The standard InChI is InChI=1S/C24H30O3/c1-16-18(25)15-23(3)21(20(16)22(2)13-8-14-24(22,23)4)27-19(26)12-11-17-9-6-5-7-10-17/h5-7,9-12,18,20-21,25H,1,8,13-15H2,2-4H3/b12-11+/t18-,20-,21?,22-,23+,24-/m0/s1. The molecule has 4 rings (SSSR count). The first-order valence-electron chi connectivity index (χ1n) is 10.0. The lowest BCUT2D eigenvalue weighted by Gasteiger charge is -2.47. The Kier molecular flexibility index (Phi) is 4.15. The van der Waals surface area contributed by atoms with E-state index < -0.39 is 6.10 Å². The average Bonchev–Trinajstić information content (AvgIpc) is 2.99. The fourth-order valence-corrected chi connectivity index (χ4v) is 6.60. The van der Waals surface area contributed by atoms with Gasteiger partial charge >= 0.3 is 5.97 Å². The third-order valence-electron chi connectivity index (χ3n) is 8.41. The number of ether oxygens (including phenoxy) is 1. The van der Waals surface area contributed by atoms with E-state index in [9.17, 15) is 9.90 Å². The largest absolute Gasteiger partial charge is 0.458 e. The molecule has 27 heavy (non-hydrogen) atoms.